The lowest BCUT2D eigenvalue weighted by molar-refractivity contribution is -0.137. The summed E-state index contributed by atoms with van der Waals surface area (Å²) >= 11 is 0. The van der Waals surface area contributed by atoms with Gasteiger partial charge in [0.2, 0.25) is 5.82 Å². The average Bonchev–Trinajstić information content (AvgIpc) is 3.16. The number of nitrogens with zero attached hydrogens (tertiary/aromatic N) is 4. The minimum absolute atomic E-state index is 0.307. The second-order valence-electron chi connectivity index (χ2n) is 7.96. The van der Waals surface area contributed by atoms with Crippen LogP contribution in [0.3, 0.4) is 0 Å². The highest BCUT2D eigenvalue weighted by atomic mass is 19.4. The van der Waals surface area contributed by atoms with Crippen LogP contribution < -0.4 is 0 Å². The predicted octanol–water partition coefficient (Wildman–Crippen LogP) is 4.64. The van der Waals surface area contributed by atoms with Crippen LogP contribution in [0.1, 0.15) is 48.8 Å². The number of rotatable bonds is 5. The molecular weight excluding hydrogens is 393 g/mol. The molecule has 4 rings (SSSR count). The van der Waals surface area contributed by atoms with Gasteiger partial charge in [0.25, 0.3) is 0 Å². The van der Waals surface area contributed by atoms with Crippen molar-refractivity contribution in [3.8, 4) is 11.4 Å². The predicted molar refractivity (Wildman–Crippen MR) is 106 cm³/mol. The van der Waals surface area contributed by atoms with Crippen LogP contribution in [0.4, 0.5) is 13.2 Å². The summed E-state index contributed by atoms with van der Waals surface area (Å²) in [6.45, 7) is 0.307. The Morgan fingerprint density at radius 2 is 1.67 bits per heavy atom. The molecule has 2 aromatic carbocycles. The van der Waals surface area contributed by atoms with E-state index < -0.39 is 17.3 Å². The molecule has 158 valence electrons. The molecule has 1 fully saturated rings. The van der Waals surface area contributed by atoms with E-state index in [0.29, 0.717) is 18.8 Å². The molecule has 0 amide bonds. The monoisotopic (exact) mass is 416 g/mol. The highest BCUT2D eigenvalue weighted by Gasteiger charge is 2.31. The lowest BCUT2D eigenvalue weighted by Gasteiger charge is -2.30. The van der Waals surface area contributed by atoms with Gasteiger partial charge in [0.1, 0.15) is 0 Å². The Kier molecular flexibility index (Phi) is 5.60. The third-order valence-corrected chi connectivity index (χ3v) is 5.61. The summed E-state index contributed by atoms with van der Waals surface area (Å²) in [5.41, 5.74) is 0.979. The van der Waals surface area contributed by atoms with Crippen molar-refractivity contribution in [2.24, 2.45) is 0 Å². The van der Waals surface area contributed by atoms with E-state index >= 15 is 0 Å². The van der Waals surface area contributed by atoms with Crippen molar-refractivity contribution in [1.29, 1.82) is 0 Å². The van der Waals surface area contributed by atoms with E-state index in [9.17, 15) is 18.3 Å². The smallest absolute Gasteiger partial charge is 0.388 e. The molecule has 8 heteroatoms. The van der Waals surface area contributed by atoms with E-state index in [1.807, 2.05) is 24.3 Å². The first-order chi connectivity index (χ1) is 14.3. The molecule has 0 unspecified atom stereocenters. The van der Waals surface area contributed by atoms with Crippen LogP contribution in [0.15, 0.2) is 48.5 Å². The maximum Gasteiger partial charge on any atom is 0.416 e. The fourth-order valence-corrected chi connectivity index (χ4v) is 3.97. The van der Waals surface area contributed by atoms with Gasteiger partial charge >= 0.3 is 6.18 Å². The zero-order valence-electron chi connectivity index (χ0n) is 16.4. The molecule has 0 atom stereocenters. The maximum absolute atomic E-state index is 12.8. The highest BCUT2D eigenvalue weighted by Crippen LogP contribution is 2.31. The number of hydrogen-bond donors (Lipinski definition) is 1. The van der Waals surface area contributed by atoms with E-state index in [1.165, 1.54) is 16.9 Å². The molecule has 5 nitrogen and oxygen atoms in total. The first-order valence-corrected chi connectivity index (χ1v) is 10.1. The van der Waals surface area contributed by atoms with Gasteiger partial charge < -0.3 is 5.11 Å². The van der Waals surface area contributed by atoms with E-state index in [1.54, 1.807) is 0 Å². The Balaban J connectivity index is 1.53. The lowest BCUT2D eigenvalue weighted by Crippen LogP contribution is -2.37. The van der Waals surface area contributed by atoms with Gasteiger partial charge in [-0.3, -0.25) is 0 Å². The number of benzene rings is 2. The van der Waals surface area contributed by atoms with E-state index in [4.69, 9.17) is 0 Å². The first-order valence-electron chi connectivity index (χ1n) is 10.1. The number of aromatic nitrogens is 4. The van der Waals surface area contributed by atoms with Gasteiger partial charge in [-0.2, -0.15) is 18.0 Å². The second kappa shape index (κ2) is 8.18. The van der Waals surface area contributed by atoms with Gasteiger partial charge in [0.05, 0.1) is 17.7 Å². The molecule has 1 aromatic heterocycles. The Morgan fingerprint density at radius 1 is 0.967 bits per heavy atom. The lowest BCUT2D eigenvalue weighted by atomic mass is 9.85. The molecular formula is C22H23F3N4O. The number of hydrogen-bond acceptors (Lipinski definition) is 4. The quantitative estimate of drug-likeness (QED) is 0.658. The second-order valence-corrected chi connectivity index (χ2v) is 7.96. The van der Waals surface area contributed by atoms with E-state index in [2.05, 4.69) is 15.4 Å². The van der Waals surface area contributed by atoms with E-state index in [0.717, 1.165) is 60.9 Å². The van der Waals surface area contributed by atoms with Crippen molar-refractivity contribution in [1.82, 2.24) is 20.2 Å². The summed E-state index contributed by atoms with van der Waals surface area (Å²) in [5.74, 6) is 0.442. The minimum Gasteiger partial charge on any atom is -0.388 e. The number of aliphatic hydroxyl groups is 1. The number of alkyl halides is 3. The Bertz CT molecular complexity index is 992. The largest absolute Gasteiger partial charge is 0.416 e. The Morgan fingerprint density at radius 3 is 2.37 bits per heavy atom. The van der Waals surface area contributed by atoms with Crippen molar-refractivity contribution in [2.45, 2.75) is 56.8 Å². The van der Waals surface area contributed by atoms with Gasteiger partial charge in [0, 0.05) is 5.56 Å². The van der Waals surface area contributed by atoms with Crippen molar-refractivity contribution < 1.29 is 18.3 Å². The Hall–Kier alpha value is -2.74. The van der Waals surface area contributed by atoms with Gasteiger partial charge in [-0.05, 0) is 47.7 Å². The van der Waals surface area contributed by atoms with Crippen LogP contribution in [0, 0.1) is 0 Å². The summed E-state index contributed by atoms with van der Waals surface area (Å²) in [6.07, 6.45) is 0.689. The fraction of sp³-hybridized carbons (Fsp3) is 0.409. The van der Waals surface area contributed by atoms with Crippen LogP contribution in [0.25, 0.3) is 11.4 Å². The average molecular weight is 416 g/mol. The number of tetrazole rings is 1. The van der Waals surface area contributed by atoms with Crippen molar-refractivity contribution >= 4 is 0 Å². The number of halogens is 3. The van der Waals surface area contributed by atoms with Gasteiger partial charge in [-0.15, -0.1) is 10.2 Å². The van der Waals surface area contributed by atoms with Crippen molar-refractivity contribution in [3.63, 3.8) is 0 Å². The summed E-state index contributed by atoms with van der Waals surface area (Å²) in [6, 6.07) is 12.7. The molecule has 3 aromatic rings. The first kappa shape index (κ1) is 20.5. The molecule has 0 spiro atoms. The third-order valence-electron chi connectivity index (χ3n) is 5.61. The molecule has 1 N–H and O–H groups in total. The summed E-state index contributed by atoms with van der Waals surface area (Å²) in [4.78, 5) is 1.44. The summed E-state index contributed by atoms with van der Waals surface area (Å²) in [5, 5.41) is 23.4. The molecule has 0 bridgehead atoms. The minimum atomic E-state index is -4.35. The SMILES string of the molecule is OC1(Cn2nnc(-c3ccccc3Cc3ccc(C(F)(F)F)cc3)n2)CCCCC1. The maximum atomic E-state index is 12.8. The zero-order chi connectivity index (χ0) is 21.2. The topological polar surface area (TPSA) is 63.8 Å². The summed E-state index contributed by atoms with van der Waals surface area (Å²) < 4.78 is 38.4. The van der Waals surface area contributed by atoms with Crippen LogP contribution in [0.5, 0.6) is 0 Å². The molecule has 30 heavy (non-hydrogen) atoms. The zero-order valence-corrected chi connectivity index (χ0v) is 16.4. The van der Waals surface area contributed by atoms with Gasteiger partial charge in [0.15, 0.2) is 0 Å². The Labute approximate surface area is 172 Å². The van der Waals surface area contributed by atoms with Crippen LogP contribution in [-0.4, -0.2) is 30.9 Å². The standard InChI is InChI=1S/C22H23F3N4O/c23-22(24,25)18-10-8-16(9-11-18)14-17-6-2-3-7-19(17)20-26-28-29(27-20)15-21(30)12-4-1-5-13-21/h2-3,6-11,30H,1,4-5,12-15H2. The fourth-order valence-electron chi connectivity index (χ4n) is 3.97. The molecule has 1 heterocycles. The molecule has 0 saturated heterocycles. The van der Waals surface area contributed by atoms with Crippen molar-refractivity contribution in [2.75, 3.05) is 0 Å². The normalized spacial score (nSPS) is 16.5. The molecule has 1 saturated carbocycles. The van der Waals surface area contributed by atoms with Crippen molar-refractivity contribution in [3.05, 3.63) is 65.2 Å². The summed E-state index contributed by atoms with van der Waals surface area (Å²) in [7, 11) is 0. The third kappa shape index (κ3) is 4.70. The highest BCUT2D eigenvalue weighted by molar-refractivity contribution is 5.60. The van der Waals surface area contributed by atoms with Crippen LogP contribution in [-0.2, 0) is 19.1 Å². The molecule has 0 aliphatic heterocycles. The molecule has 1 aliphatic carbocycles. The van der Waals surface area contributed by atoms with E-state index in [-0.39, 0.29) is 0 Å². The van der Waals surface area contributed by atoms with Gasteiger partial charge in [-0.1, -0.05) is 55.7 Å². The van der Waals surface area contributed by atoms with Crippen LogP contribution >= 0.6 is 0 Å². The molecule has 0 radical (unpaired) electrons. The molecule has 1 aliphatic rings. The van der Waals surface area contributed by atoms with Gasteiger partial charge in [-0.25, -0.2) is 0 Å². The van der Waals surface area contributed by atoms with Crippen LogP contribution in [0.2, 0.25) is 0 Å².